The van der Waals surface area contributed by atoms with E-state index in [9.17, 15) is 9.59 Å². The first-order chi connectivity index (χ1) is 7.41. The van der Waals surface area contributed by atoms with E-state index in [2.05, 4.69) is 0 Å². The van der Waals surface area contributed by atoms with Gasteiger partial charge in [-0.25, -0.2) is 4.79 Å². The molecule has 16 heavy (non-hydrogen) atoms. The van der Waals surface area contributed by atoms with Crippen molar-refractivity contribution >= 4 is 11.9 Å². The van der Waals surface area contributed by atoms with E-state index in [1.165, 1.54) is 11.9 Å². The summed E-state index contributed by atoms with van der Waals surface area (Å²) in [5.74, 6) is -0.668. The highest BCUT2D eigenvalue weighted by atomic mass is 16.4. The van der Waals surface area contributed by atoms with E-state index in [0.717, 1.165) is 5.76 Å². The zero-order chi connectivity index (χ0) is 12.3. The molecule has 1 amide bonds. The number of aryl methyl sites for hydroxylation is 1. The van der Waals surface area contributed by atoms with Crippen molar-refractivity contribution in [1.82, 2.24) is 4.90 Å². The highest BCUT2D eigenvalue weighted by molar-refractivity contribution is 6.00. The lowest BCUT2D eigenvalue weighted by atomic mass is 10.2. The van der Waals surface area contributed by atoms with Gasteiger partial charge in [0.2, 0.25) is 0 Å². The standard InChI is InChI=1S/C10H14N2O4/c1-6-3-4-7(16-6)5-12(2)9(13)8(11)10(14)15/h3-4,8H,5,11H2,1-2H3,(H,14,15). The molecule has 6 heteroatoms. The van der Waals surface area contributed by atoms with E-state index in [1.54, 1.807) is 19.1 Å². The van der Waals surface area contributed by atoms with Gasteiger partial charge in [-0.05, 0) is 19.1 Å². The number of aliphatic carboxylic acids is 1. The Labute approximate surface area is 92.6 Å². The number of nitrogens with zero attached hydrogens (tertiary/aromatic N) is 1. The van der Waals surface area contributed by atoms with E-state index in [1.807, 2.05) is 0 Å². The molecule has 1 aromatic rings. The normalized spacial score (nSPS) is 12.2. The third kappa shape index (κ3) is 2.83. The van der Waals surface area contributed by atoms with Gasteiger partial charge in [0.1, 0.15) is 11.5 Å². The minimum absolute atomic E-state index is 0.202. The molecule has 0 bridgehead atoms. The maximum Gasteiger partial charge on any atom is 0.330 e. The van der Waals surface area contributed by atoms with Crippen LogP contribution in [0.5, 0.6) is 0 Å². The Bertz CT molecular complexity index is 399. The third-order valence-corrected chi connectivity index (χ3v) is 2.10. The summed E-state index contributed by atoms with van der Waals surface area (Å²) in [4.78, 5) is 23.2. The molecular weight excluding hydrogens is 212 g/mol. The van der Waals surface area contributed by atoms with Gasteiger partial charge < -0.3 is 20.2 Å². The highest BCUT2D eigenvalue weighted by Crippen LogP contribution is 2.09. The lowest BCUT2D eigenvalue weighted by Gasteiger charge is -2.17. The SMILES string of the molecule is Cc1ccc(CN(C)C(=O)C(N)C(=O)O)o1. The minimum Gasteiger partial charge on any atom is -0.480 e. The Hall–Kier alpha value is -1.82. The van der Waals surface area contributed by atoms with Crippen LogP contribution in [0.25, 0.3) is 0 Å². The Morgan fingerprint density at radius 2 is 2.19 bits per heavy atom. The number of nitrogens with two attached hydrogens (primary N) is 1. The zero-order valence-electron chi connectivity index (χ0n) is 9.14. The average Bonchev–Trinajstić information content (AvgIpc) is 2.61. The summed E-state index contributed by atoms with van der Waals surface area (Å²) in [6.07, 6.45) is 0. The molecule has 0 aliphatic carbocycles. The number of carbonyl (C=O) groups is 2. The third-order valence-electron chi connectivity index (χ3n) is 2.10. The Kier molecular flexibility index (Phi) is 3.68. The second-order valence-electron chi connectivity index (χ2n) is 3.52. The van der Waals surface area contributed by atoms with Crippen molar-refractivity contribution in [1.29, 1.82) is 0 Å². The predicted octanol–water partition coefficient (Wildman–Crippen LogP) is -0.0417. The maximum atomic E-state index is 11.5. The molecule has 0 spiro atoms. The lowest BCUT2D eigenvalue weighted by molar-refractivity contribution is -0.146. The van der Waals surface area contributed by atoms with Crippen LogP contribution in [0.3, 0.4) is 0 Å². The second kappa shape index (κ2) is 4.80. The second-order valence-corrected chi connectivity index (χ2v) is 3.52. The molecule has 0 radical (unpaired) electrons. The number of carboxylic acid groups (broad SMARTS) is 1. The molecule has 0 aromatic carbocycles. The van der Waals surface area contributed by atoms with Crippen molar-refractivity contribution in [2.24, 2.45) is 5.73 Å². The molecule has 0 saturated heterocycles. The average molecular weight is 226 g/mol. The Balaban J connectivity index is 2.62. The zero-order valence-corrected chi connectivity index (χ0v) is 9.14. The molecule has 0 aliphatic rings. The van der Waals surface area contributed by atoms with Crippen molar-refractivity contribution < 1.29 is 19.1 Å². The van der Waals surface area contributed by atoms with Gasteiger partial charge in [0.05, 0.1) is 6.54 Å². The molecule has 88 valence electrons. The maximum absolute atomic E-state index is 11.5. The molecule has 1 rings (SSSR count). The van der Waals surface area contributed by atoms with E-state index in [4.69, 9.17) is 15.3 Å². The monoisotopic (exact) mass is 226 g/mol. The van der Waals surface area contributed by atoms with Gasteiger partial charge in [0.25, 0.3) is 5.91 Å². The molecular formula is C10H14N2O4. The molecule has 1 atom stereocenters. The van der Waals surface area contributed by atoms with Gasteiger partial charge in [0, 0.05) is 7.05 Å². The van der Waals surface area contributed by atoms with Crippen LogP contribution in [-0.2, 0) is 16.1 Å². The number of hydrogen-bond acceptors (Lipinski definition) is 4. The molecule has 1 heterocycles. The lowest BCUT2D eigenvalue weighted by Crippen LogP contribution is -2.46. The van der Waals surface area contributed by atoms with Crippen LogP contribution < -0.4 is 5.73 Å². The molecule has 1 unspecified atom stereocenters. The Morgan fingerprint density at radius 3 is 2.62 bits per heavy atom. The van der Waals surface area contributed by atoms with Crippen LogP contribution in [0, 0.1) is 6.92 Å². The number of likely N-dealkylation sites (N-methyl/N-ethyl adjacent to an activating group) is 1. The van der Waals surface area contributed by atoms with Crippen LogP contribution in [-0.4, -0.2) is 35.0 Å². The summed E-state index contributed by atoms with van der Waals surface area (Å²) < 4.78 is 5.26. The van der Waals surface area contributed by atoms with Gasteiger partial charge in [-0.1, -0.05) is 0 Å². The fourth-order valence-corrected chi connectivity index (χ4v) is 1.22. The molecule has 0 fully saturated rings. The van der Waals surface area contributed by atoms with Crippen molar-refractivity contribution in [2.45, 2.75) is 19.5 Å². The summed E-state index contributed by atoms with van der Waals surface area (Å²) in [6.45, 7) is 1.99. The van der Waals surface area contributed by atoms with Gasteiger partial charge >= 0.3 is 5.97 Å². The van der Waals surface area contributed by atoms with Crippen LogP contribution in [0.15, 0.2) is 16.5 Å². The van der Waals surface area contributed by atoms with Crippen LogP contribution in [0.4, 0.5) is 0 Å². The smallest absolute Gasteiger partial charge is 0.330 e. The summed E-state index contributed by atoms with van der Waals surface area (Å²) in [5.41, 5.74) is 5.20. The van der Waals surface area contributed by atoms with Crippen molar-refractivity contribution in [3.05, 3.63) is 23.7 Å². The summed E-state index contributed by atoms with van der Waals surface area (Å²) >= 11 is 0. The quantitative estimate of drug-likeness (QED) is 0.702. The van der Waals surface area contributed by atoms with Crippen molar-refractivity contribution in [3.8, 4) is 0 Å². The molecule has 0 aliphatic heterocycles. The van der Waals surface area contributed by atoms with Gasteiger partial charge in [-0.3, -0.25) is 4.79 Å². The number of carbonyl (C=O) groups excluding carboxylic acids is 1. The van der Waals surface area contributed by atoms with Crippen LogP contribution >= 0.6 is 0 Å². The van der Waals surface area contributed by atoms with Gasteiger partial charge in [-0.15, -0.1) is 0 Å². The molecule has 1 aromatic heterocycles. The fourth-order valence-electron chi connectivity index (χ4n) is 1.22. The first kappa shape index (κ1) is 12.3. The number of carboxylic acids is 1. The molecule has 3 N–H and O–H groups in total. The molecule has 6 nitrogen and oxygen atoms in total. The number of rotatable bonds is 4. The number of amides is 1. The first-order valence-electron chi connectivity index (χ1n) is 4.70. The van der Waals surface area contributed by atoms with Gasteiger partial charge in [-0.2, -0.15) is 0 Å². The van der Waals surface area contributed by atoms with Crippen molar-refractivity contribution in [2.75, 3.05) is 7.05 Å². The predicted molar refractivity (Wildman–Crippen MR) is 55.5 cm³/mol. The summed E-state index contributed by atoms with van der Waals surface area (Å²) in [7, 11) is 1.48. The Morgan fingerprint density at radius 1 is 1.56 bits per heavy atom. The van der Waals surface area contributed by atoms with Crippen LogP contribution in [0.2, 0.25) is 0 Å². The van der Waals surface area contributed by atoms with Crippen LogP contribution in [0.1, 0.15) is 11.5 Å². The largest absolute Gasteiger partial charge is 0.480 e. The van der Waals surface area contributed by atoms with E-state index >= 15 is 0 Å². The minimum atomic E-state index is -1.53. The summed E-state index contributed by atoms with van der Waals surface area (Å²) in [5, 5.41) is 8.58. The fraction of sp³-hybridized carbons (Fsp3) is 0.400. The summed E-state index contributed by atoms with van der Waals surface area (Å²) in [6, 6.07) is 1.97. The van der Waals surface area contributed by atoms with Gasteiger partial charge in [0.15, 0.2) is 6.04 Å². The topological polar surface area (TPSA) is 96.8 Å². The number of hydrogen-bond donors (Lipinski definition) is 2. The highest BCUT2D eigenvalue weighted by Gasteiger charge is 2.25. The van der Waals surface area contributed by atoms with E-state index in [0.29, 0.717) is 5.76 Å². The number of furan rings is 1. The molecule has 0 saturated carbocycles. The van der Waals surface area contributed by atoms with E-state index in [-0.39, 0.29) is 6.54 Å². The first-order valence-corrected chi connectivity index (χ1v) is 4.70. The van der Waals surface area contributed by atoms with E-state index < -0.39 is 17.9 Å². The van der Waals surface area contributed by atoms with Crippen molar-refractivity contribution in [3.63, 3.8) is 0 Å².